The maximum Gasteiger partial charge on any atom is 0.230 e. The van der Waals surface area contributed by atoms with Gasteiger partial charge in [-0.25, -0.2) is 4.39 Å². The average molecular weight is 266 g/mol. The molecule has 4 nitrogen and oxygen atoms in total. The fraction of sp³-hybridized carbons (Fsp3) is 0.500. The number of hydrogen-bond acceptors (Lipinski definition) is 3. The maximum atomic E-state index is 12.9. The summed E-state index contributed by atoms with van der Waals surface area (Å²) in [4.78, 5) is 12.3. The number of carbonyl (C=O) groups is 1. The summed E-state index contributed by atoms with van der Waals surface area (Å²) in [5, 5.41) is 2.91. The predicted molar refractivity (Wildman–Crippen MR) is 69.9 cm³/mol. The maximum absolute atomic E-state index is 12.9. The van der Waals surface area contributed by atoms with Crippen LogP contribution in [0.3, 0.4) is 0 Å². The Bertz CT molecular complexity index is 463. The van der Waals surface area contributed by atoms with Crippen LogP contribution in [0.25, 0.3) is 0 Å². The van der Waals surface area contributed by atoms with Gasteiger partial charge in [-0.1, -0.05) is 12.1 Å². The largest absolute Gasteiger partial charge is 0.379 e. The summed E-state index contributed by atoms with van der Waals surface area (Å²) in [6.45, 7) is 4.39. The minimum Gasteiger partial charge on any atom is -0.379 e. The van der Waals surface area contributed by atoms with Crippen LogP contribution in [0.15, 0.2) is 24.3 Å². The molecule has 19 heavy (non-hydrogen) atoms. The van der Waals surface area contributed by atoms with Gasteiger partial charge in [-0.05, 0) is 31.5 Å². The van der Waals surface area contributed by atoms with Crippen molar-refractivity contribution in [2.45, 2.75) is 25.9 Å². The average Bonchev–Trinajstić information content (AvgIpc) is 2.71. The summed E-state index contributed by atoms with van der Waals surface area (Å²) in [5.74, 6) is -0.422. The molecule has 1 aromatic rings. The third kappa shape index (κ3) is 2.77. The van der Waals surface area contributed by atoms with Crippen LogP contribution in [0.2, 0.25) is 0 Å². The number of carbonyl (C=O) groups excluding carboxylic acids is 1. The predicted octanol–water partition coefficient (Wildman–Crippen LogP) is 1.37. The number of halogens is 1. The first kappa shape index (κ1) is 14.0. The van der Waals surface area contributed by atoms with E-state index in [0.717, 1.165) is 5.56 Å². The zero-order chi connectivity index (χ0) is 14.0. The lowest BCUT2D eigenvalue weighted by Crippen LogP contribution is -2.50. The van der Waals surface area contributed by atoms with Crippen LogP contribution in [0.1, 0.15) is 25.5 Å². The van der Waals surface area contributed by atoms with E-state index in [4.69, 9.17) is 10.5 Å². The van der Waals surface area contributed by atoms with Crippen LogP contribution in [0, 0.1) is 11.2 Å². The highest BCUT2D eigenvalue weighted by molar-refractivity contribution is 5.84. The molecule has 1 aliphatic rings. The summed E-state index contributed by atoms with van der Waals surface area (Å²) >= 11 is 0. The molecule has 0 bridgehead atoms. The van der Waals surface area contributed by atoms with Gasteiger partial charge in [0.2, 0.25) is 5.91 Å². The minimum absolute atomic E-state index is 0.130. The van der Waals surface area contributed by atoms with E-state index in [1.165, 1.54) is 12.1 Å². The van der Waals surface area contributed by atoms with Gasteiger partial charge in [-0.15, -0.1) is 0 Å². The second kappa shape index (κ2) is 5.27. The standard InChI is InChI=1S/C14H19FN2O2/c1-9(10-3-5-11(15)6-4-10)17-13(18)14(2)8-19-7-12(14)16/h3-6,9,12H,7-8,16H2,1-2H3,(H,17,18)/t9-,12?,14?/m0/s1. The molecule has 3 N–H and O–H groups in total. The Hall–Kier alpha value is -1.46. The van der Waals surface area contributed by atoms with Crippen LogP contribution in [-0.4, -0.2) is 25.2 Å². The molecule has 0 spiro atoms. The third-order valence-electron chi connectivity index (χ3n) is 3.75. The molecular weight excluding hydrogens is 247 g/mol. The topological polar surface area (TPSA) is 64.3 Å². The van der Waals surface area contributed by atoms with Gasteiger partial charge in [0, 0.05) is 6.04 Å². The molecule has 5 heteroatoms. The van der Waals surface area contributed by atoms with E-state index < -0.39 is 5.41 Å². The summed E-state index contributed by atoms with van der Waals surface area (Å²) in [7, 11) is 0. The lowest BCUT2D eigenvalue weighted by Gasteiger charge is -2.27. The monoisotopic (exact) mass is 266 g/mol. The molecule has 2 unspecified atom stereocenters. The summed E-state index contributed by atoms with van der Waals surface area (Å²) < 4.78 is 18.1. The second-order valence-corrected chi connectivity index (χ2v) is 5.29. The Morgan fingerprint density at radius 3 is 2.68 bits per heavy atom. The fourth-order valence-corrected chi connectivity index (χ4v) is 2.12. The molecule has 0 aromatic heterocycles. The molecule has 1 heterocycles. The van der Waals surface area contributed by atoms with Crippen molar-refractivity contribution in [1.82, 2.24) is 5.32 Å². The molecule has 1 amide bonds. The fourth-order valence-electron chi connectivity index (χ4n) is 2.12. The van der Waals surface area contributed by atoms with Gasteiger partial charge < -0.3 is 15.8 Å². The second-order valence-electron chi connectivity index (χ2n) is 5.29. The number of rotatable bonds is 3. The Morgan fingerprint density at radius 1 is 1.53 bits per heavy atom. The lowest BCUT2D eigenvalue weighted by molar-refractivity contribution is -0.131. The SMILES string of the molecule is C[C@H](NC(=O)C1(C)COCC1N)c1ccc(F)cc1. The zero-order valence-electron chi connectivity index (χ0n) is 11.2. The smallest absolute Gasteiger partial charge is 0.230 e. The molecule has 3 atom stereocenters. The molecule has 1 fully saturated rings. The molecule has 0 aliphatic carbocycles. The van der Waals surface area contributed by atoms with Crippen molar-refractivity contribution in [3.8, 4) is 0 Å². The quantitative estimate of drug-likeness (QED) is 0.868. The first-order chi connectivity index (χ1) is 8.93. The van der Waals surface area contributed by atoms with Crippen molar-refractivity contribution in [2.24, 2.45) is 11.1 Å². The summed E-state index contributed by atoms with van der Waals surface area (Å²) in [6.07, 6.45) is 0. The van der Waals surface area contributed by atoms with Gasteiger partial charge in [0.25, 0.3) is 0 Å². The first-order valence-electron chi connectivity index (χ1n) is 6.33. The van der Waals surface area contributed by atoms with Gasteiger partial charge in [-0.2, -0.15) is 0 Å². The third-order valence-corrected chi connectivity index (χ3v) is 3.75. The van der Waals surface area contributed by atoms with Gasteiger partial charge in [0.15, 0.2) is 0 Å². The van der Waals surface area contributed by atoms with Crippen molar-refractivity contribution in [3.05, 3.63) is 35.6 Å². The number of ether oxygens (including phenoxy) is 1. The van der Waals surface area contributed by atoms with Gasteiger partial charge in [0.05, 0.1) is 24.7 Å². The highest BCUT2D eigenvalue weighted by atomic mass is 19.1. The van der Waals surface area contributed by atoms with Gasteiger partial charge in [0.1, 0.15) is 5.82 Å². The summed E-state index contributed by atoms with van der Waals surface area (Å²) in [6, 6.07) is 5.58. The highest BCUT2D eigenvalue weighted by Crippen LogP contribution is 2.28. The van der Waals surface area contributed by atoms with Crippen molar-refractivity contribution >= 4 is 5.91 Å². The van der Waals surface area contributed by atoms with E-state index >= 15 is 0 Å². The minimum atomic E-state index is -0.700. The Labute approximate surface area is 112 Å². The van der Waals surface area contributed by atoms with Crippen LogP contribution >= 0.6 is 0 Å². The molecule has 104 valence electrons. The van der Waals surface area contributed by atoms with Crippen molar-refractivity contribution < 1.29 is 13.9 Å². The van der Waals surface area contributed by atoms with Gasteiger partial charge >= 0.3 is 0 Å². The number of benzene rings is 1. The Morgan fingerprint density at radius 2 is 2.16 bits per heavy atom. The van der Waals surface area contributed by atoms with E-state index in [9.17, 15) is 9.18 Å². The van der Waals surface area contributed by atoms with Crippen LogP contribution in [0.4, 0.5) is 4.39 Å². The molecule has 1 saturated heterocycles. The molecule has 1 aliphatic heterocycles. The number of nitrogens with two attached hydrogens (primary N) is 1. The number of nitrogens with one attached hydrogen (secondary N) is 1. The molecular formula is C14H19FN2O2. The van der Waals surface area contributed by atoms with Crippen molar-refractivity contribution in [3.63, 3.8) is 0 Å². The van der Waals surface area contributed by atoms with Crippen LogP contribution in [-0.2, 0) is 9.53 Å². The van der Waals surface area contributed by atoms with E-state index in [1.54, 1.807) is 19.1 Å². The molecule has 1 aromatic carbocycles. The van der Waals surface area contributed by atoms with Crippen LogP contribution < -0.4 is 11.1 Å². The lowest BCUT2D eigenvalue weighted by atomic mass is 9.84. The molecule has 0 radical (unpaired) electrons. The van der Waals surface area contributed by atoms with Crippen LogP contribution in [0.5, 0.6) is 0 Å². The van der Waals surface area contributed by atoms with E-state index in [2.05, 4.69) is 5.32 Å². The van der Waals surface area contributed by atoms with E-state index in [-0.39, 0.29) is 23.8 Å². The molecule has 2 rings (SSSR count). The highest BCUT2D eigenvalue weighted by Gasteiger charge is 2.44. The van der Waals surface area contributed by atoms with E-state index in [1.807, 2.05) is 6.92 Å². The number of amides is 1. The zero-order valence-corrected chi connectivity index (χ0v) is 11.2. The summed E-state index contributed by atoms with van der Waals surface area (Å²) in [5.41, 5.74) is 6.07. The van der Waals surface area contributed by atoms with Crippen molar-refractivity contribution in [1.29, 1.82) is 0 Å². The Kier molecular flexibility index (Phi) is 3.87. The molecule has 0 saturated carbocycles. The van der Waals surface area contributed by atoms with E-state index in [0.29, 0.717) is 13.2 Å². The van der Waals surface area contributed by atoms with Crippen molar-refractivity contribution in [2.75, 3.05) is 13.2 Å². The Balaban J connectivity index is 2.04. The first-order valence-corrected chi connectivity index (χ1v) is 6.33. The van der Waals surface area contributed by atoms with Gasteiger partial charge in [-0.3, -0.25) is 4.79 Å². The normalized spacial score (nSPS) is 28.1. The number of hydrogen-bond donors (Lipinski definition) is 2.